The van der Waals surface area contributed by atoms with Crippen LogP contribution in [0.5, 0.6) is 5.75 Å². The minimum absolute atomic E-state index is 0.0516. The second kappa shape index (κ2) is 10.6. The molecule has 4 rings (SSSR count). The van der Waals surface area contributed by atoms with Gasteiger partial charge in [-0.15, -0.1) is 0 Å². The van der Waals surface area contributed by atoms with E-state index in [-0.39, 0.29) is 5.57 Å². The van der Waals surface area contributed by atoms with E-state index in [0.29, 0.717) is 28.6 Å². The molecular formula is C28H20BrClN2O2. The highest BCUT2D eigenvalue weighted by molar-refractivity contribution is 9.10. The van der Waals surface area contributed by atoms with Gasteiger partial charge in [0, 0.05) is 26.3 Å². The fourth-order valence-corrected chi connectivity index (χ4v) is 4.19. The number of anilines is 1. The normalized spacial score (nSPS) is 11.2. The van der Waals surface area contributed by atoms with Crippen molar-refractivity contribution in [2.45, 2.75) is 13.5 Å². The van der Waals surface area contributed by atoms with Crippen molar-refractivity contribution in [3.8, 4) is 11.8 Å². The lowest BCUT2D eigenvalue weighted by Gasteiger charge is -2.14. The molecule has 0 aliphatic rings. The summed E-state index contributed by atoms with van der Waals surface area (Å²) in [5.74, 6) is 0.0411. The highest BCUT2D eigenvalue weighted by Gasteiger charge is 2.13. The summed E-state index contributed by atoms with van der Waals surface area (Å²) in [6, 6.07) is 26.6. The molecule has 0 bridgehead atoms. The van der Waals surface area contributed by atoms with Gasteiger partial charge in [-0.2, -0.15) is 5.26 Å². The van der Waals surface area contributed by atoms with Gasteiger partial charge in [0.15, 0.2) is 0 Å². The van der Waals surface area contributed by atoms with Crippen molar-refractivity contribution >= 4 is 56.0 Å². The number of hydrogen-bond donors (Lipinski definition) is 1. The Bertz CT molecular complexity index is 1460. The third kappa shape index (κ3) is 5.48. The molecule has 6 heteroatoms. The van der Waals surface area contributed by atoms with Crippen molar-refractivity contribution in [2.24, 2.45) is 0 Å². The predicted octanol–water partition coefficient (Wildman–Crippen LogP) is 7.69. The Morgan fingerprint density at radius 2 is 1.91 bits per heavy atom. The number of aryl methyl sites for hydroxylation is 1. The number of amides is 1. The maximum Gasteiger partial charge on any atom is 0.266 e. The van der Waals surface area contributed by atoms with Crippen LogP contribution in [0.4, 0.5) is 5.69 Å². The van der Waals surface area contributed by atoms with Crippen LogP contribution >= 0.6 is 27.5 Å². The molecule has 0 atom stereocenters. The summed E-state index contributed by atoms with van der Waals surface area (Å²) in [6.45, 7) is 2.41. The number of nitrogens with zero attached hydrogens (tertiary/aromatic N) is 1. The predicted molar refractivity (Wildman–Crippen MR) is 141 cm³/mol. The number of carbonyl (C=O) groups excluding carboxylic acids is 1. The summed E-state index contributed by atoms with van der Waals surface area (Å²) in [5, 5.41) is 15.1. The molecule has 0 radical (unpaired) electrons. The third-order valence-electron chi connectivity index (χ3n) is 5.37. The molecule has 0 spiro atoms. The molecule has 1 amide bonds. The summed E-state index contributed by atoms with van der Waals surface area (Å²) in [7, 11) is 0. The van der Waals surface area contributed by atoms with Crippen molar-refractivity contribution < 1.29 is 9.53 Å². The fourth-order valence-electron chi connectivity index (χ4n) is 3.62. The topological polar surface area (TPSA) is 62.1 Å². The van der Waals surface area contributed by atoms with Gasteiger partial charge >= 0.3 is 0 Å². The number of fused-ring (bicyclic) bond motifs is 1. The van der Waals surface area contributed by atoms with Crippen molar-refractivity contribution in [1.82, 2.24) is 0 Å². The molecule has 1 N–H and O–H groups in total. The van der Waals surface area contributed by atoms with Gasteiger partial charge in [0.25, 0.3) is 5.91 Å². The number of halogens is 2. The molecule has 0 fully saturated rings. The smallest absolute Gasteiger partial charge is 0.266 e. The van der Waals surface area contributed by atoms with E-state index in [9.17, 15) is 10.1 Å². The van der Waals surface area contributed by atoms with E-state index >= 15 is 0 Å². The van der Waals surface area contributed by atoms with Crippen molar-refractivity contribution in [3.05, 3.63) is 111 Å². The maximum absolute atomic E-state index is 12.7. The van der Waals surface area contributed by atoms with Gasteiger partial charge in [-0.25, -0.2) is 0 Å². The van der Waals surface area contributed by atoms with Crippen LogP contribution < -0.4 is 10.1 Å². The first-order chi connectivity index (χ1) is 16.4. The van der Waals surface area contributed by atoms with Crippen molar-refractivity contribution in [1.29, 1.82) is 5.26 Å². The van der Waals surface area contributed by atoms with E-state index in [1.807, 2.05) is 36.4 Å². The first-order valence-electron chi connectivity index (χ1n) is 10.5. The number of hydrogen-bond acceptors (Lipinski definition) is 3. The maximum atomic E-state index is 12.7. The van der Waals surface area contributed by atoms with Crippen LogP contribution in [0.2, 0.25) is 5.02 Å². The van der Waals surface area contributed by atoms with Gasteiger partial charge in [0.1, 0.15) is 24.0 Å². The summed E-state index contributed by atoms with van der Waals surface area (Å²) >= 11 is 9.45. The molecule has 34 heavy (non-hydrogen) atoms. The first kappa shape index (κ1) is 23.6. The summed E-state index contributed by atoms with van der Waals surface area (Å²) in [6.07, 6.45) is 1.52. The zero-order valence-corrected chi connectivity index (χ0v) is 20.7. The monoisotopic (exact) mass is 530 g/mol. The van der Waals surface area contributed by atoms with Crippen LogP contribution in [-0.2, 0) is 11.4 Å². The third-order valence-corrected chi connectivity index (χ3v) is 6.09. The standard InChI is InChI=1S/C28H20BrClN2O2/c1-18-9-10-19-5-2-3-8-25(19)26(18)17-34-27-12-11-22(29)14-20(27)13-21(16-31)28(33)32-24-7-4-6-23(30)15-24/h2-15H,17H2,1H3,(H,32,33)/b21-13+. The lowest BCUT2D eigenvalue weighted by molar-refractivity contribution is -0.112. The molecule has 4 aromatic rings. The summed E-state index contributed by atoms with van der Waals surface area (Å²) < 4.78 is 7.01. The largest absolute Gasteiger partial charge is 0.488 e. The van der Waals surface area contributed by atoms with Gasteiger partial charge in [-0.05, 0) is 65.7 Å². The highest BCUT2D eigenvalue weighted by atomic mass is 79.9. The molecule has 0 unspecified atom stereocenters. The number of benzene rings is 4. The van der Waals surface area contributed by atoms with Crippen LogP contribution in [-0.4, -0.2) is 5.91 Å². The van der Waals surface area contributed by atoms with Gasteiger partial charge < -0.3 is 10.1 Å². The molecule has 4 aromatic carbocycles. The zero-order valence-electron chi connectivity index (χ0n) is 18.3. The molecule has 4 nitrogen and oxygen atoms in total. The Morgan fingerprint density at radius 3 is 2.71 bits per heavy atom. The van der Waals surface area contributed by atoms with Crippen LogP contribution in [0.25, 0.3) is 16.8 Å². The average Bonchev–Trinajstić information content (AvgIpc) is 2.82. The molecule has 0 aromatic heterocycles. The Labute approximate surface area is 211 Å². The van der Waals surface area contributed by atoms with Crippen LogP contribution in [0.1, 0.15) is 16.7 Å². The summed E-state index contributed by atoms with van der Waals surface area (Å²) in [5.41, 5.74) is 3.30. The van der Waals surface area contributed by atoms with Crippen LogP contribution in [0.3, 0.4) is 0 Å². The van der Waals surface area contributed by atoms with Gasteiger partial charge in [-0.3, -0.25) is 4.79 Å². The van der Waals surface area contributed by atoms with Gasteiger partial charge in [0.2, 0.25) is 0 Å². The van der Waals surface area contributed by atoms with E-state index in [2.05, 4.69) is 52.4 Å². The van der Waals surface area contributed by atoms with Crippen molar-refractivity contribution in [2.75, 3.05) is 5.32 Å². The lowest BCUT2D eigenvalue weighted by atomic mass is 10.0. The number of nitrogens with one attached hydrogen (secondary N) is 1. The molecule has 0 saturated heterocycles. The number of nitriles is 1. The van der Waals surface area contributed by atoms with Crippen LogP contribution in [0.15, 0.2) is 88.9 Å². The van der Waals surface area contributed by atoms with E-state index in [4.69, 9.17) is 16.3 Å². The molecular weight excluding hydrogens is 512 g/mol. The van der Waals surface area contributed by atoms with Gasteiger partial charge in [-0.1, -0.05) is 70.0 Å². The SMILES string of the molecule is Cc1ccc2ccccc2c1COc1ccc(Br)cc1/C=C(\C#N)C(=O)Nc1cccc(Cl)c1. The molecule has 0 saturated carbocycles. The number of ether oxygens (including phenoxy) is 1. The highest BCUT2D eigenvalue weighted by Crippen LogP contribution is 2.29. The quantitative estimate of drug-likeness (QED) is 0.205. The first-order valence-corrected chi connectivity index (χ1v) is 11.7. The summed E-state index contributed by atoms with van der Waals surface area (Å²) in [4.78, 5) is 12.7. The van der Waals surface area contributed by atoms with E-state index in [1.165, 1.54) is 6.08 Å². The van der Waals surface area contributed by atoms with E-state index in [0.717, 1.165) is 26.4 Å². The fraction of sp³-hybridized carbons (Fsp3) is 0.0714. The zero-order chi connectivity index (χ0) is 24.1. The van der Waals surface area contributed by atoms with Gasteiger partial charge in [0.05, 0.1) is 0 Å². The van der Waals surface area contributed by atoms with Crippen molar-refractivity contribution in [3.63, 3.8) is 0 Å². The van der Waals surface area contributed by atoms with E-state index < -0.39 is 5.91 Å². The minimum Gasteiger partial charge on any atom is -0.488 e. The molecule has 168 valence electrons. The molecule has 0 aliphatic heterocycles. The Balaban J connectivity index is 1.62. The Morgan fingerprint density at radius 1 is 1.09 bits per heavy atom. The number of rotatable bonds is 6. The Hall–Kier alpha value is -3.59. The van der Waals surface area contributed by atoms with E-state index in [1.54, 1.807) is 24.3 Å². The number of carbonyl (C=O) groups is 1. The average molecular weight is 532 g/mol. The second-order valence-corrected chi connectivity index (χ2v) is 9.04. The molecule has 0 heterocycles. The lowest BCUT2D eigenvalue weighted by Crippen LogP contribution is -2.13. The Kier molecular flexibility index (Phi) is 7.32. The molecule has 0 aliphatic carbocycles. The second-order valence-electron chi connectivity index (χ2n) is 7.69. The minimum atomic E-state index is -0.527. The van der Waals surface area contributed by atoms with Crippen LogP contribution in [0, 0.1) is 18.3 Å².